The summed E-state index contributed by atoms with van der Waals surface area (Å²) in [5, 5.41) is 1.05. The molecule has 3 fully saturated rings. The number of Topliss-reactive ketones (excluding diaryl/α,β-unsaturated/α-hetero) is 1. The van der Waals surface area contributed by atoms with Crippen molar-refractivity contribution in [1.82, 2.24) is 0 Å². The number of carbonyl (C=O) groups excluding carboxylic acids is 1. The molecule has 6 unspecified atom stereocenters. The molecule has 6 atom stereocenters. The first kappa shape index (κ1) is 18.3. The summed E-state index contributed by atoms with van der Waals surface area (Å²) in [4.78, 5) is 13.8. The quantitative estimate of drug-likeness (QED) is 0.468. The van der Waals surface area contributed by atoms with Gasteiger partial charge in [-0.2, -0.15) is 0 Å². The van der Waals surface area contributed by atoms with Gasteiger partial charge in [0.25, 0.3) is 0 Å². The molecule has 0 saturated heterocycles. The van der Waals surface area contributed by atoms with Crippen LogP contribution >= 0.6 is 46.4 Å². The molecule has 5 heteroatoms. The smallest absolute Gasteiger partial charge is 0.149 e. The monoisotopic (exact) mass is 438 g/mol. The highest BCUT2D eigenvalue weighted by atomic mass is 35.5. The van der Waals surface area contributed by atoms with Gasteiger partial charge in [-0.1, -0.05) is 53.9 Å². The lowest BCUT2D eigenvalue weighted by atomic mass is 9.71. The molecule has 3 saturated carbocycles. The van der Waals surface area contributed by atoms with E-state index in [9.17, 15) is 4.79 Å². The first-order valence-corrected chi connectivity index (χ1v) is 10.9. The van der Waals surface area contributed by atoms with E-state index in [0.29, 0.717) is 10.0 Å². The maximum atomic E-state index is 13.8. The van der Waals surface area contributed by atoms with Crippen LogP contribution in [0, 0.1) is 10.8 Å². The van der Waals surface area contributed by atoms with Gasteiger partial charge in [-0.3, -0.25) is 4.79 Å². The van der Waals surface area contributed by atoms with E-state index in [0.717, 1.165) is 30.4 Å². The van der Waals surface area contributed by atoms with Crippen molar-refractivity contribution in [3.8, 4) is 0 Å². The van der Waals surface area contributed by atoms with Crippen molar-refractivity contribution in [3.05, 3.63) is 69.7 Å². The summed E-state index contributed by atoms with van der Waals surface area (Å²) in [6.07, 6.45) is 2.66. The van der Waals surface area contributed by atoms with Crippen molar-refractivity contribution in [2.75, 3.05) is 0 Å². The van der Waals surface area contributed by atoms with Crippen LogP contribution in [0.5, 0.6) is 0 Å². The van der Waals surface area contributed by atoms with E-state index in [1.54, 1.807) is 0 Å². The van der Waals surface area contributed by atoms with Crippen LogP contribution in [0.2, 0.25) is 10.0 Å². The Morgan fingerprint density at radius 1 is 0.704 bits per heavy atom. The van der Waals surface area contributed by atoms with Gasteiger partial charge >= 0.3 is 0 Å². The molecule has 27 heavy (non-hydrogen) atoms. The summed E-state index contributed by atoms with van der Waals surface area (Å²) in [5.41, 5.74) is 1.23. The third-order valence-electron chi connectivity index (χ3n) is 6.95. The predicted molar refractivity (Wildman–Crippen MR) is 111 cm³/mol. The van der Waals surface area contributed by atoms with Gasteiger partial charge in [0.05, 0.1) is 21.6 Å². The Morgan fingerprint density at radius 3 is 1.44 bits per heavy atom. The Balaban J connectivity index is 1.48. The molecule has 5 rings (SSSR count). The van der Waals surface area contributed by atoms with E-state index < -0.39 is 10.8 Å². The molecule has 2 spiro atoms. The number of carbonyl (C=O) groups is 1. The standard InChI is InChI=1S/C22H18Cl4O/c23-14-6-2-12(3-7-14)16-18(25)21(16)10-1-11-22(20(21)27)17(19(22)26)13-4-8-15(24)9-5-13/h2-9,16-19H,1,10-11H2. The predicted octanol–water partition coefficient (Wildman–Crippen LogP) is 6.83. The van der Waals surface area contributed by atoms with Crippen LogP contribution in [0.3, 0.4) is 0 Å². The van der Waals surface area contributed by atoms with E-state index in [2.05, 4.69) is 0 Å². The number of ketones is 1. The van der Waals surface area contributed by atoms with Crippen molar-refractivity contribution in [2.45, 2.75) is 41.9 Å². The molecule has 0 amide bonds. The Morgan fingerprint density at radius 2 is 1.07 bits per heavy atom. The Bertz CT molecular complexity index is 835. The van der Waals surface area contributed by atoms with Gasteiger partial charge in [0.1, 0.15) is 5.78 Å². The second kappa shape index (κ2) is 6.13. The van der Waals surface area contributed by atoms with Gasteiger partial charge in [-0.05, 0) is 48.2 Å². The minimum Gasteiger partial charge on any atom is -0.298 e. The molecule has 0 radical (unpaired) electrons. The van der Waals surface area contributed by atoms with Gasteiger partial charge in [0, 0.05) is 21.9 Å². The summed E-state index contributed by atoms with van der Waals surface area (Å²) in [7, 11) is 0. The van der Waals surface area contributed by atoms with Crippen LogP contribution in [0.25, 0.3) is 0 Å². The molecular weight excluding hydrogens is 422 g/mol. The molecule has 1 nitrogen and oxygen atoms in total. The Labute approximate surface area is 178 Å². The fourth-order valence-electron chi connectivity index (χ4n) is 5.51. The van der Waals surface area contributed by atoms with Crippen LogP contribution in [-0.2, 0) is 4.79 Å². The molecule has 0 bridgehead atoms. The first-order chi connectivity index (χ1) is 12.9. The number of rotatable bonds is 2. The largest absolute Gasteiger partial charge is 0.298 e. The average molecular weight is 440 g/mol. The summed E-state index contributed by atoms with van der Waals surface area (Å²) >= 11 is 25.6. The minimum atomic E-state index is -0.484. The zero-order valence-corrected chi connectivity index (χ0v) is 17.5. The molecule has 3 aliphatic rings. The highest BCUT2D eigenvalue weighted by Crippen LogP contribution is 2.77. The fraction of sp³-hybridized carbons (Fsp3) is 0.409. The number of halogens is 4. The third kappa shape index (κ3) is 2.42. The normalized spacial score (nSPS) is 39.8. The SMILES string of the molecule is O=C1C2(CCCC13C(Cl)C3c1ccc(Cl)cc1)C(Cl)C2c1ccc(Cl)cc1. The summed E-state index contributed by atoms with van der Waals surface area (Å²) < 4.78 is 0. The first-order valence-electron chi connectivity index (χ1n) is 9.27. The lowest BCUT2D eigenvalue weighted by Crippen LogP contribution is -2.36. The molecule has 140 valence electrons. The van der Waals surface area contributed by atoms with Crippen LogP contribution < -0.4 is 0 Å². The zero-order valence-electron chi connectivity index (χ0n) is 14.5. The topological polar surface area (TPSA) is 17.1 Å². The molecule has 0 aromatic heterocycles. The van der Waals surface area contributed by atoms with Gasteiger partial charge in [-0.25, -0.2) is 0 Å². The summed E-state index contributed by atoms with van der Waals surface area (Å²) in [6, 6.07) is 15.4. The van der Waals surface area contributed by atoms with E-state index >= 15 is 0 Å². The van der Waals surface area contributed by atoms with E-state index in [1.807, 2.05) is 48.5 Å². The lowest BCUT2D eigenvalue weighted by molar-refractivity contribution is -0.132. The molecule has 0 aliphatic heterocycles. The highest BCUT2D eigenvalue weighted by molar-refractivity contribution is 6.32. The van der Waals surface area contributed by atoms with E-state index in [1.165, 1.54) is 0 Å². The van der Waals surface area contributed by atoms with Gasteiger partial charge in [0.15, 0.2) is 0 Å². The maximum absolute atomic E-state index is 13.8. The molecule has 2 aromatic carbocycles. The van der Waals surface area contributed by atoms with E-state index in [4.69, 9.17) is 46.4 Å². The zero-order chi connectivity index (χ0) is 19.0. The second-order valence-corrected chi connectivity index (χ2v) is 9.94. The van der Waals surface area contributed by atoms with Crippen LogP contribution in [0.1, 0.15) is 42.2 Å². The van der Waals surface area contributed by atoms with Crippen molar-refractivity contribution in [2.24, 2.45) is 10.8 Å². The number of alkyl halides is 2. The molecule has 0 N–H and O–H groups in total. The average Bonchev–Trinajstić information content (AvgIpc) is 3.46. The van der Waals surface area contributed by atoms with Crippen LogP contribution in [-0.4, -0.2) is 16.5 Å². The summed E-state index contributed by atoms with van der Waals surface area (Å²) in [6.45, 7) is 0. The molecule has 3 aliphatic carbocycles. The number of benzene rings is 2. The molecular formula is C22H18Cl4O. The second-order valence-electron chi connectivity index (χ2n) is 8.13. The highest BCUT2D eigenvalue weighted by Gasteiger charge is 2.80. The number of hydrogen-bond donors (Lipinski definition) is 0. The van der Waals surface area contributed by atoms with Crippen LogP contribution in [0.4, 0.5) is 0 Å². The number of hydrogen-bond acceptors (Lipinski definition) is 1. The van der Waals surface area contributed by atoms with Crippen LogP contribution in [0.15, 0.2) is 48.5 Å². The third-order valence-corrected chi connectivity index (χ3v) is 8.73. The van der Waals surface area contributed by atoms with Crippen molar-refractivity contribution in [3.63, 3.8) is 0 Å². The summed E-state index contributed by atoms with van der Waals surface area (Å²) in [5.74, 6) is 0.369. The Hall–Kier alpha value is -0.730. The van der Waals surface area contributed by atoms with E-state index in [-0.39, 0.29) is 28.4 Å². The van der Waals surface area contributed by atoms with Gasteiger partial charge < -0.3 is 0 Å². The molecule has 0 heterocycles. The maximum Gasteiger partial charge on any atom is 0.149 e. The van der Waals surface area contributed by atoms with Gasteiger partial charge in [-0.15, -0.1) is 23.2 Å². The molecule has 2 aromatic rings. The lowest BCUT2D eigenvalue weighted by Gasteiger charge is -2.30. The fourth-order valence-corrected chi connectivity index (χ4v) is 7.05. The minimum absolute atomic E-state index is 0.0523. The van der Waals surface area contributed by atoms with Gasteiger partial charge in [0.2, 0.25) is 0 Å². The Kier molecular flexibility index (Phi) is 4.16. The van der Waals surface area contributed by atoms with Crippen molar-refractivity contribution in [1.29, 1.82) is 0 Å². The van der Waals surface area contributed by atoms with Crippen molar-refractivity contribution >= 4 is 52.2 Å². The van der Waals surface area contributed by atoms with Crippen molar-refractivity contribution < 1.29 is 4.79 Å².